The van der Waals surface area contributed by atoms with Crippen molar-refractivity contribution in [3.8, 4) is 11.1 Å². The molecule has 2 aliphatic rings. The van der Waals surface area contributed by atoms with Crippen LogP contribution in [0, 0.1) is 0 Å². The van der Waals surface area contributed by atoms with Crippen LogP contribution in [0.5, 0.6) is 0 Å². The van der Waals surface area contributed by atoms with Gasteiger partial charge in [-0.25, -0.2) is 0 Å². The maximum Gasteiger partial charge on any atom is 0.272 e. The minimum absolute atomic E-state index is 0.0231. The first-order valence-corrected chi connectivity index (χ1v) is 17.8. The largest absolute Gasteiger partial charge is 0.392 e. The summed E-state index contributed by atoms with van der Waals surface area (Å²) in [5.41, 5.74) is 5.51. The summed E-state index contributed by atoms with van der Waals surface area (Å²) in [7, 11) is 0. The molecule has 2 aliphatic heterocycles. The normalized spacial score (nSPS) is 21.3. The molecular formula is C38H38Cl4N2O5. The monoisotopic (exact) mass is 742 g/mol. The van der Waals surface area contributed by atoms with Gasteiger partial charge in [0.05, 0.1) is 24.4 Å². The van der Waals surface area contributed by atoms with Crippen molar-refractivity contribution in [3.05, 3.63) is 130 Å². The number of aliphatic hydroxyl groups is 2. The zero-order chi connectivity index (χ0) is 34.6. The van der Waals surface area contributed by atoms with Crippen LogP contribution in [-0.2, 0) is 33.0 Å². The lowest BCUT2D eigenvalue weighted by atomic mass is 9.84. The number of rotatable bonds is 9. The van der Waals surface area contributed by atoms with Gasteiger partial charge in [-0.3, -0.25) is 4.79 Å². The molecule has 0 unspecified atom stereocenters. The van der Waals surface area contributed by atoms with Crippen LogP contribution >= 0.6 is 46.4 Å². The lowest BCUT2D eigenvalue weighted by molar-refractivity contribution is -0.253. The van der Waals surface area contributed by atoms with Gasteiger partial charge in [0, 0.05) is 43.2 Å². The third-order valence-electron chi connectivity index (χ3n) is 9.27. The smallest absolute Gasteiger partial charge is 0.272 e. The first kappa shape index (κ1) is 36.1. The van der Waals surface area contributed by atoms with E-state index in [4.69, 9.17) is 55.9 Å². The molecule has 4 aromatic carbocycles. The number of likely N-dealkylation sites (tertiary alicyclic amines) is 1. The van der Waals surface area contributed by atoms with Crippen molar-refractivity contribution < 1.29 is 24.5 Å². The van der Waals surface area contributed by atoms with Crippen LogP contribution in [0.1, 0.15) is 59.5 Å². The van der Waals surface area contributed by atoms with E-state index in [1.807, 2.05) is 91.0 Å². The van der Waals surface area contributed by atoms with Gasteiger partial charge in [0.1, 0.15) is 0 Å². The number of benzene rings is 4. The van der Waals surface area contributed by atoms with Crippen molar-refractivity contribution in [3.63, 3.8) is 0 Å². The summed E-state index contributed by atoms with van der Waals surface area (Å²) in [6.07, 6.45) is 0.917. The van der Waals surface area contributed by atoms with Crippen molar-refractivity contribution in [2.24, 2.45) is 0 Å². The van der Waals surface area contributed by atoms with Crippen LogP contribution in [0.4, 0.5) is 0 Å². The van der Waals surface area contributed by atoms with Gasteiger partial charge in [0.15, 0.2) is 6.29 Å². The highest BCUT2D eigenvalue weighted by Crippen LogP contribution is 2.40. The molecular weight excluding hydrogens is 706 g/mol. The van der Waals surface area contributed by atoms with Crippen LogP contribution < -0.4 is 5.32 Å². The molecule has 0 saturated carbocycles. The van der Waals surface area contributed by atoms with Gasteiger partial charge in [0.25, 0.3) is 9.70 Å². The van der Waals surface area contributed by atoms with Crippen LogP contribution in [0.2, 0.25) is 5.02 Å². The molecule has 3 N–H and O–H groups in total. The molecule has 11 heteroatoms. The molecule has 0 bridgehead atoms. The molecule has 0 aliphatic carbocycles. The topological polar surface area (TPSA) is 91.3 Å². The minimum atomic E-state index is -2.03. The Kier molecular flexibility index (Phi) is 11.6. The van der Waals surface area contributed by atoms with E-state index in [9.17, 15) is 15.0 Å². The number of ether oxygens (including phenoxy) is 2. The number of halogens is 4. The van der Waals surface area contributed by atoms with Gasteiger partial charge in [-0.1, -0.05) is 119 Å². The third kappa shape index (κ3) is 9.16. The molecule has 2 fully saturated rings. The molecule has 0 aromatic heterocycles. The summed E-state index contributed by atoms with van der Waals surface area (Å²) in [4.78, 5) is 14.4. The number of piperidine rings is 1. The Labute approximate surface area is 306 Å². The zero-order valence-corrected chi connectivity index (χ0v) is 29.7. The standard InChI is InChI=1S/C38H38Cl4N2O5/c39-32-13-11-31(12-14-32)37(47)15-17-44(18-16-37)23-33-21-34(27-9-7-25(24-45)8-10-27)49-35(48-33)30-6-2-5-29(20-30)28-4-1-3-26(19-28)22-43-36(46)38(40,41)42/h1-14,19-20,33-35,45,47H,15-18,21-24H2,(H,43,46)/t33-,34+,35+/m1/s1. The molecule has 4 aromatic rings. The lowest BCUT2D eigenvalue weighted by Crippen LogP contribution is -2.46. The maximum atomic E-state index is 12.1. The van der Waals surface area contributed by atoms with E-state index in [1.54, 1.807) is 0 Å². The van der Waals surface area contributed by atoms with Crippen LogP contribution in [0.15, 0.2) is 97.1 Å². The number of nitrogens with one attached hydrogen (secondary N) is 1. The van der Waals surface area contributed by atoms with Crippen LogP contribution in [0.25, 0.3) is 11.1 Å². The predicted octanol–water partition coefficient (Wildman–Crippen LogP) is 8.01. The van der Waals surface area contributed by atoms with E-state index in [1.165, 1.54) is 0 Å². The lowest BCUT2D eigenvalue weighted by Gasteiger charge is -2.42. The molecule has 3 atom stereocenters. The molecule has 49 heavy (non-hydrogen) atoms. The third-order valence-corrected chi connectivity index (χ3v) is 10.0. The van der Waals surface area contributed by atoms with E-state index in [2.05, 4.69) is 16.3 Å². The van der Waals surface area contributed by atoms with E-state index in [0.29, 0.717) is 30.8 Å². The Morgan fingerprint density at radius 2 is 1.53 bits per heavy atom. The molecule has 1 amide bonds. The quantitative estimate of drug-likeness (QED) is 0.151. The van der Waals surface area contributed by atoms with Gasteiger partial charge in [0.2, 0.25) is 0 Å². The summed E-state index contributed by atoms with van der Waals surface area (Å²) < 4.78 is 11.3. The molecule has 0 spiro atoms. The molecule has 7 nitrogen and oxygen atoms in total. The summed E-state index contributed by atoms with van der Waals surface area (Å²) in [6.45, 7) is 2.35. The SMILES string of the molecule is O=C(NCc1cccc(-c2cccc([C@H]3O[C@@H](CN4CCC(O)(c5ccc(Cl)cc5)CC4)C[C@@H](c4ccc(CO)cc4)O3)c2)c1)C(Cl)(Cl)Cl. The van der Waals surface area contributed by atoms with Crippen molar-refractivity contribution >= 4 is 52.3 Å². The second-order valence-corrected chi connectivity index (χ2v) is 15.4. The number of amides is 1. The molecule has 2 heterocycles. The van der Waals surface area contributed by atoms with Gasteiger partial charge < -0.3 is 29.9 Å². The van der Waals surface area contributed by atoms with Gasteiger partial charge >= 0.3 is 0 Å². The Hall–Kier alpha value is -2.69. The summed E-state index contributed by atoms with van der Waals surface area (Å²) in [5, 5.41) is 24.3. The number of alkyl halides is 3. The van der Waals surface area contributed by atoms with Crippen molar-refractivity contribution in [2.75, 3.05) is 19.6 Å². The van der Waals surface area contributed by atoms with Crippen LogP contribution in [0.3, 0.4) is 0 Å². The fourth-order valence-electron chi connectivity index (χ4n) is 6.48. The van der Waals surface area contributed by atoms with Crippen molar-refractivity contribution in [2.45, 2.75) is 60.3 Å². The van der Waals surface area contributed by atoms with Gasteiger partial charge in [-0.05, 0) is 70.5 Å². The van der Waals surface area contributed by atoms with E-state index < -0.39 is 21.6 Å². The Bertz CT molecular complexity index is 1720. The first-order chi connectivity index (χ1) is 23.5. The van der Waals surface area contributed by atoms with E-state index >= 15 is 0 Å². The van der Waals surface area contributed by atoms with Gasteiger partial charge in [-0.2, -0.15) is 0 Å². The number of carbonyl (C=O) groups is 1. The average molecular weight is 745 g/mol. The van der Waals surface area contributed by atoms with E-state index in [-0.39, 0.29) is 25.4 Å². The Morgan fingerprint density at radius 1 is 0.857 bits per heavy atom. The zero-order valence-electron chi connectivity index (χ0n) is 26.7. The minimum Gasteiger partial charge on any atom is -0.392 e. The summed E-state index contributed by atoms with van der Waals surface area (Å²) >= 11 is 23.2. The fourth-order valence-corrected chi connectivity index (χ4v) is 6.81. The molecule has 0 radical (unpaired) electrons. The highest BCUT2D eigenvalue weighted by molar-refractivity contribution is 6.76. The van der Waals surface area contributed by atoms with E-state index in [0.717, 1.165) is 52.0 Å². The number of nitrogens with zero attached hydrogens (tertiary/aromatic N) is 1. The van der Waals surface area contributed by atoms with Crippen molar-refractivity contribution in [1.29, 1.82) is 0 Å². The van der Waals surface area contributed by atoms with Crippen LogP contribution in [-0.4, -0.2) is 50.6 Å². The van der Waals surface area contributed by atoms with Gasteiger partial charge in [-0.15, -0.1) is 0 Å². The second-order valence-electron chi connectivity index (χ2n) is 12.7. The summed E-state index contributed by atoms with van der Waals surface area (Å²) in [5.74, 6) is -0.687. The molecule has 258 valence electrons. The Morgan fingerprint density at radius 3 is 2.20 bits per heavy atom. The second kappa shape index (κ2) is 15.7. The number of hydrogen-bond donors (Lipinski definition) is 3. The highest BCUT2D eigenvalue weighted by atomic mass is 35.6. The molecule has 2 saturated heterocycles. The number of hydrogen-bond acceptors (Lipinski definition) is 6. The summed E-state index contributed by atoms with van der Waals surface area (Å²) in [6, 6.07) is 31.2. The fraction of sp³-hybridized carbons (Fsp3) is 0.342. The van der Waals surface area contributed by atoms with Crippen molar-refractivity contribution in [1.82, 2.24) is 10.2 Å². The number of carbonyl (C=O) groups excluding carboxylic acids is 1. The Balaban J connectivity index is 1.18. The maximum absolute atomic E-state index is 12.1. The predicted molar refractivity (Wildman–Crippen MR) is 193 cm³/mol. The highest BCUT2D eigenvalue weighted by Gasteiger charge is 2.37. The first-order valence-electron chi connectivity index (χ1n) is 16.2. The number of aliphatic hydroxyl groups excluding tert-OH is 1. The molecule has 6 rings (SSSR count). The average Bonchev–Trinajstić information content (AvgIpc) is 3.11.